The van der Waals surface area contributed by atoms with Crippen LogP contribution < -0.4 is 15.6 Å². The zero-order valence-corrected chi connectivity index (χ0v) is 19.4. The molecule has 6 nitrogen and oxygen atoms in total. The van der Waals surface area contributed by atoms with Gasteiger partial charge in [-0.15, -0.1) is 12.4 Å². The minimum absolute atomic E-state index is 0. The lowest BCUT2D eigenvalue weighted by Crippen LogP contribution is -2.25. The maximum absolute atomic E-state index is 12.9. The SMILES string of the molecule is CCOCn1c2c(c3ccc(-n4ccc(OCc5ccccc5)cc4=O)cc31)CNCC2.Cl. The van der Waals surface area contributed by atoms with E-state index < -0.39 is 0 Å². The number of nitrogens with one attached hydrogen (secondary N) is 1. The van der Waals surface area contributed by atoms with E-state index in [4.69, 9.17) is 9.47 Å². The van der Waals surface area contributed by atoms with Gasteiger partial charge < -0.3 is 19.4 Å². The van der Waals surface area contributed by atoms with Crippen molar-refractivity contribution in [1.82, 2.24) is 14.5 Å². The molecule has 172 valence electrons. The van der Waals surface area contributed by atoms with Crippen molar-refractivity contribution < 1.29 is 9.47 Å². The van der Waals surface area contributed by atoms with Crippen LogP contribution in [-0.2, 0) is 31.0 Å². The molecule has 0 radical (unpaired) electrons. The maximum Gasteiger partial charge on any atom is 0.258 e. The summed E-state index contributed by atoms with van der Waals surface area (Å²) in [7, 11) is 0. The number of aromatic nitrogens is 2. The summed E-state index contributed by atoms with van der Waals surface area (Å²) >= 11 is 0. The summed E-state index contributed by atoms with van der Waals surface area (Å²) in [6.45, 7) is 5.44. The second kappa shape index (κ2) is 10.3. The monoisotopic (exact) mass is 465 g/mol. The molecular formula is C26H28ClN3O3. The van der Waals surface area contributed by atoms with Crippen LogP contribution in [0.15, 0.2) is 71.7 Å². The van der Waals surface area contributed by atoms with Crippen molar-refractivity contribution in [2.45, 2.75) is 33.2 Å². The van der Waals surface area contributed by atoms with Gasteiger partial charge in [-0.3, -0.25) is 9.36 Å². The topological polar surface area (TPSA) is 57.4 Å². The summed E-state index contributed by atoms with van der Waals surface area (Å²) in [6.07, 6.45) is 2.75. The molecule has 0 spiro atoms. The Morgan fingerprint density at radius 2 is 1.91 bits per heavy atom. The summed E-state index contributed by atoms with van der Waals surface area (Å²) in [4.78, 5) is 12.9. The molecule has 7 heteroatoms. The molecule has 1 N–H and O–H groups in total. The van der Waals surface area contributed by atoms with E-state index in [0.717, 1.165) is 36.3 Å². The number of hydrogen-bond acceptors (Lipinski definition) is 4. The minimum Gasteiger partial charge on any atom is -0.489 e. The Bertz CT molecular complexity index is 1300. The van der Waals surface area contributed by atoms with Crippen molar-refractivity contribution >= 4 is 23.3 Å². The highest BCUT2D eigenvalue weighted by Crippen LogP contribution is 2.30. The Labute approximate surface area is 199 Å². The smallest absolute Gasteiger partial charge is 0.258 e. The maximum atomic E-state index is 12.9. The van der Waals surface area contributed by atoms with Crippen LogP contribution >= 0.6 is 12.4 Å². The zero-order chi connectivity index (χ0) is 21.9. The molecule has 0 bridgehead atoms. The van der Waals surface area contributed by atoms with E-state index in [0.29, 0.717) is 25.7 Å². The van der Waals surface area contributed by atoms with Gasteiger partial charge in [0.1, 0.15) is 19.1 Å². The first kappa shape index (κ1) is 23.1. The summed E-state index contributed by atoms with van der Waals surface area (Å²) in [5, 5.41) is 4.68. The van der Waals surface area contributed by atoms with E-state index in [1.54, 1.807) is 16.8 Å². The quantitative estimate of drug-likeness (QED) is 0.438. The molecule has 2 aromatic carbocycles. The molecule has 5 rings (SSSR count). The third-order valence-electron chi connectivity index (χ3n) is 5.95. The minimum atomic E-state index is -0.121. The Kier molecular flexibility index (Phi) is 7.18. The Hall–Kier alpha value is -3.06. The first-order valence-electron chi connectivity index (χ1n) is 11.1. The molecule has 1 aliphatic heterocycles. The molecule has 0 aliphatic carbocycles. The highest BCUT2D eigenvalue weighted by molar-refractivity contribution is 5.87. The van der Waals surface area contributed by atoms with Gasteiger partial charge in [0.05, 0.1) is 11.2 Å². The standard InChI is InChI=1S/C26H27N3O3.ClH/c1-2-31-18-29-24-10-12-27-16-23(24)22-9-8-20(14-25(22)29)28-13-11-21(15-26(28)30)32-17-19-6-4-3-5-7-19;/h3-9,11,13-15,27H,2,10,12,16-18H2,1H3;1H. The molecule has 33 heavy (non-hydrogen) atoms. The average Bonchev–Trinajstić information content (AvgIpc) is 3.15. The Morgan fingerprint density at radius 1 is 1.06 bits per heavy atom. The van der Waals surface area contributed by atoms with Crippen LogP contribution in [0, 0.1) is 0 Å². The van der Waals surface area contributed by atoms with Crippen molar-refractivity contribution in [2.24, 2.45) is 0 Å². The molecular weight excluding hydrogens is 438 g/mol. The molecule has 0 atom stereocenters. The van der Waals surface area contributed by atoms with Gasteiger partial charge in [-0.05, 0) is 36.2 Å². The van der Waals surface area contributed by atoms with Crippen molar-refractivity contribution in [1.29, 1.82) is 0 Å². The van der Waals surface area contributed by atoms with Gasteiger partial charge in [-0.25, -0.2) is 0 Å². The molecule has 0 saturated heterocycles. The molecule has 0 unspecified atom stereocenters. The number of benzene rings is 2. The lowest BCUT2D eigenvalue weighted by atomic mass is 10.1. The third kappa shape index (κ3) is 4.69. The van der Waals surface area contributed by atoms with Gasteiger partial charge >= 0.3 is 0 Å². The second-order valence-electron chi connectivity index (χ2n) is 7.95. The van der Waals surface area contributed by atoms with E-state index in [1.807, 2.05) is 49.4 Å². The van der Waals surface area contributed by atoms with Crippen molar-refractivity contribution in [3.8, 4) is 11.4 Å². The van der Waals surface area contributed by atoms with Crippen molar-refractivity contribution in [3.05, 3.63) is 94.0 Å². The molecule has 2 aromatic heterocycles. The largest absolute Gasteiger partial charge is 0.489 e. The van der Waals surface area contributed by atoms with Gasteiger partial charge in [0.15, 0.2) is 0 Å². The fraction of sp³-hybridized carbons (Fsp3) is 0.269. The van der Waals surface area contributed by atoms with Crippen LogP contribution in [0.3, 0.4) is 0 Å². The van der Waals surface area contributed by atoms with Crippen LogP contribution in [0.1, 0.15) is 23.7 Å². The van der Waals surface area contributed by atoms with Gasteiger partial charge in [-0.2, -0.15) is 0 Å². The summed E-state index contributed by atoms with van der Waals surface area (Å²) < 4.78 is 15.5. The van der Waals surface area contributed by atoms with Crippen molar-refractivity contribution in [3.63, 3.8) is 0 Å². The van der Waals surface area contributed by atoms with Crippen LogP contribution in [0.2, 0.25) is 0 Å². The molecule has 0 amide bonds. The molecule has 0 saturated carbocycles. The number of rotatable bonds is 7. The number of fused-ring (bicyclic) bond motifs is 3. The summed E-state index contributed by atoms with van der Waals surface area (Å²) in [5.41, 5.74) is 5.52. The predicted octanol–water partition coefficient (Wildman–Crippen LogP) is 4.43. The molecule has 1 aliphatic rings. The fourth-order valence-corrected chi connectivity index (χ4v) is 4.35. The van der Waals surface area contributed by atoms with Crippen molar-refractivity contribution in [2.75, 3.05) is 13.2 Å². The predicted molar refractivity (Wildman–Crippen MR) is 133 cm³/mol. The third-order valence-corrected chi connectivity index (χ3v) is 5.95. The van der Waals surface area contributed by atoms with E-state index >= 15 is 0 Å². The van der Waals surface area contributed by atoms with Crippen LogP contribution in [0.4, 0.5) is 0 Å². The highest BCUT2D eigenvalue weighted by atomic mass is 35.5. The molecule has 3 heterocycles. The Balaban J connectivity index is 0.00000259. The van der Waals surface area contributed by atoms with E-state index in [9.17, 15) is 4.79 Å². The first-order valence-corrected chi connectivity index (χ1v) is 11.1. The second-order valence-corrected chi connectivity index (χ2v) is 7.95. The fourth-order valence-electron chi connectivity index (χ4n) is 4.35. The van der Waals surface area contributed by atoms with Gasteiger partial charge in [0.2, 0.25) is 0 Å². The number of halogens is 1. The van der Waals surface area contributed by atoms with E-state index in [1.165, 1.54) is 16.6 Å². The van der Waals surface area contributed by atoms with Gasteiger partial charge in [0, 0.05) is 49.5 Å². The summed E-state index contributed by atoms with van der Waals surface area (Å²) in [5.74, 6) is 0.567. The van der Waals surface area contributed by atoms with Crippen LogP contribution in [0.25, 0.3) is 16.6 Å². The number of hydrogen-bond donors (Lipinski definition) is 1. The lowest BCUT2D eigenvalue weighted by Gasteiger charge is -2.17. The zero-order valence-electron chi connectivity index (χ0n) is 18.6. The average molecular weight is 466 g/mol. The normalized spacial score (nSPS) is 12.9. The van der Waals surface area contributed by atoms with Crippen LogP contribution in [-0.4, -0.2) is 22.3 Å². The number of nitrogens with zero attached hydrogens (tertiary/aromatic N) is 2. The first-order chi connectivity index (χ1) is 15.7. The van der Waals surface area contributed by atoms with Gasteiger partial charge in [0.25, 0.3) is 5.56 Å². The van der Waals surface area contributed by atoms with Gasteiger partial charge in [-0.1, -0.05) is 36.4 Å². The van der Waals surface area contributed by atoms with E-state index in [-0.39, 0.29) is 18.0 Å². The summed E-state index contributed by atoms with van der Waals surface area (Å²) in [6, 6.07) is 19.5. The van der Waals surface area contributed by atoms with Crippen LogP contribution in [0.5, 0.6) is 5.75 Å². The lowest BCUT2D eigenvalue weighted by molar-refractivity contribution is 0.0887. The number of pyridine rings is 1. The molecule has 4 aromatic rings. The van der Waals surface area contributed by atoms with E-state index in [2.05, 4.69) is 22.0 Å². The number of ether oxygens (including phenoxy) is 2. The highest BCUT2D eigenvalue weighted by Gasteiger charge is 2.20. The molecule has 0 fully saturated rings. The Morgan fingerprint density at radius 3 is 2.70 bits per heavy atom.